The van der Waals surface area contributed by atoms with Crippen molar-refractivity contribution in [2.45, 2.75) is 38.9 Å². The lowest BCUT2D eigenvalue weighted by Gasteiger charge is -2.34. The van der Waals surface area contributed by atoms with Crippen molar-refractivity contribution >= 4 is 5.97 Å². The average Bonchev–Trinajstić information content (AvgIpc) is 2.83. The predicted molar refractivity (Wildman–Crippen MR) is 127 cm³/mol. The minimum Gasteiger partial charge on any atom is -0.465 e. The Morgan fingerprint density at radius 1 is 0.941 bits per heavy atom. The second-order valence-corrected chi connectivity index (χ2v) is 8.71. The molecule has 1 saturated heterocycles. The van der Waals surface area contributed by atoms with E-state index in [2.05, 4.69) is 4.90 Å². The first kappa shape index (κ1) is 24.0. The summed E-state index contributed by atoms with van der Waals surface area (Å²) in [5, 5.41) is 0. The van der Waals surface area contributed by atoms with E-state index in [0.717, 1.165) is 41.2 Å². The van der Waals surface area contributed by atoms with Crippen LogP contribution in [0.2, 0.25) is 0 Å². The molecule has 1 heterocycles. The fraction of sp³-hybridized carbons (Fsp3) is 0.321. The van der Waals surface area contributed by atoms with Gasteiger partial charge in [0.2, 0.25) is 0 Å². The molecule has 0 radical (unpaired) electrons. The van der Waals surface area contributed by atoms with Crippen molar-refractivity contribution in [1.82, 2.24) is 4.90 Å². The molecule has 4 rings (SSSR count). The number of benzene rings is 3. The van der Waals surface area contributed by atoms with E-state index in [1.807, 2.05) is 43.3 Å². The van der Waals surface area contributed by atoms with Crippen LogP contribution in [0.15, 0.2) is 60.7 Å². The van der Waals surface area contributed by atoms with Crippen LogP contribution < -0.4 is 0 Å². The molecule has 3 aromatic carbocycles. The maximum Gasteiger partial charge on any atom is 0.338 e. The maximum absolute atomic E-state index is 13.9. The molecule has 0 atom stereocenters. The van der Waals surface area contributed by atoms with Crippen molar-refractivity contribution in [1.29, 1.82) is 0 Å². The van der Waals surface area contributed by atoms with Crippen LogP contribution in [-0.4, -0.2) is 37.2 Å². The molecule has 34 heavy (non-hydrogen) atoms. The molecule has 0 spiro atoms. The van der Waals surface area contributed by atoms with Gasteiger partial charge in [-0.15, -0.1) is 0 Å². The van der Waals surface area contributed by atoms with Gasteiger partial charge in [0.25, 0.3) is 0 Å². The van der Waals surface area contributed by atoms with Crippen LogP contribution >= 0.6 is 0 Å². The second kappa shape index (κ2) is 10.9. The first-order valence-electron chi connectivity index (χ1n) is 11.5. The SMILES string of the molecule is COC(=O)c1ccc(CN(Cc2cc(F)cc(F)c2)C2CCOCC2)cc1-c1ccccc1C. The lowest BCUT2D eigenvalue weighted by molar-refractivity contribution is 0.0276. The summed E-state index contributed by atoms with van der Waals surface area (Å²) in [7, 11) is 1.38. The Morgan fingerprint density at radius 2 is 1.62 bits per heavy atom. The third kappa shape index (κ3) is 5.69. The molecule has 1 aliphatic rings. The van der Waals surface area contributed by atoms with Gasteiger partial charge in [-0.1, -0.05) is 30.3 Å². The zero-order chi connectivity index (χ0) is 24.1. The molecule has 3 aromatic rings. The van der Waals surface area contributed by atoms with Gasteiger partial charge in [0.15, 0.2) is 0 Å². The summed E-state index contributed by atoms with van der Waals surface area (Å²) in [6.45, 7) is 4.32. The number of hydrogen-bond donors (Lipinski definition) is 0. The molecule has 0 aliphatic carbocycles. The summed E-state index contributed by atoms with van der Waals surface area (Å²) < 4.78 is 38.3. The summed E-state index contributed by atoms with van der Waals surface area (Å²) in [6, 6.07) is 17.5. The van der Waals surface area contributed by atoms with Gasteiger partial charge in [-0.25, -0.2) is 13.6 Å². The molecule has 1 fully saturated rings. The highest BCUT2D eigenvalue weighted by Crippen LogP contribution is 2.30. The number of rotatable bonds is 7. The van der Waals surface area contributed by atoms with E-state index in [0.29, 0.717) is 37.4 Å². The van der Waals surface area contributed by atoms with E-state index in [1.54, 1.807) is 6.07 Å². The Balaban J connectivity index is 1.69. The number of methoxy groups -OCH3 is 1. The number of carbonyl (C=O) groups excluding carboxylic acids is 1. The highest BCUT2D eigenvalue weighted by atomic mass is 19.1. The van der Waals surface area contributed by atoms with Crippen LogP contribution in [-0.2, 0) is 22.6 Å². The standard InChI is InChI=1S/C28H29F2NO3/c1-19-5-3-4-6-25(19)27-15-20(7-8-26(27)28(32)33-2)17-31(24-9-11-34-12-10-24)18-21-13-22(29)16-23(30)14-21/h3-8,13-16,24H,9-12,17-18H2,1-2H3. The zero-order valence-corrected chi connectivity index (χ0v) is 19.5. The predicted octanol–water partition coefficient (Wildman–Crippen LogP) is 5.91. The number of aryl methyl sites for hydroxylation is 1. The Kier molecular flexibility index (Phi) is 7.70. The third-order valence-electron chi connectivity index (χ3n) is 6.33. The van der Waals surface area contributed by atoms with Gasteiger partial charge >= 0.3 is 5.97 Å². The molecule has 0 N–H and O–H groups in total. The van der Waals surface area contributed by atoms with Crippen molar-refractivity contribution in [3.05, 3.63) is 94.6 Å². The first-order valence-corrected chi connectivity index (χ1v) is 11.5. The molecule has 1 aliphatic heterocycles. The van der Waals surface area contributed by atoms with Crippen molar-refractivity contribution < 1.29 is 23.0 Å². The van der Waals surface area contributed by atoms with E-state index < -0.39 is 11.6 Å². The van der Waals surface area contributed by atoms with Gasteiger partial charge < -0.3 is 9.47 Å². The van der Waals surface area contributed by atoms with Crippen LogP contribution in [0.25, 0.3) is 11.1 Å². The molecule has 0 amide bonds. The smallest absolute Gasteiger partial charge is 0.338 e. The van der Waals surface area contributed by atoms with Gasteiger partial charge in [-0.05, 0) is 71.8 Å². The molecule has 0 aromatic heterocycles. The Hall–Kier alpha value is -3.09. The molecule has 0 saturated carbocycles. The number of nitrogens with zero attached hydrogens (tertiary/aromatic N) is 1. The average molecular weight is 466 g/mol. The van der Waals surface area contributed by atoms with Gasteiger partial charge in [0, 0.05) is 38.4 Å². The lowest BCUT2D eigenvalue weighted by Crippen LogP contribution is -2.38. The first-order chi connectivity index (χ1) is 16.4. The number of carbonyl (C=O) groups is 1. The highest BCUT2D eigenvalue weighted by Gasteiger charge is 2.23. The summed E-state index contributed by atoms with van der Waals surface area (Å²) in [4.78, 5) is 14.7. The normalized spacial score (nSPS) is 14.4. The number of hydrogen-bond acceptors (Lipinski definition) is 4. The lowest BCUT2D eigenvalue weighted by atomic mass is 9.93. The summed E-state index contributed by atoms with van der Waals surface area (Å²) in [5.41, 5.74) is 4.94. The second-order valence-electron chi connectivity index (χ2n) is 8.71. The molecule has 178 valence electrons. The molecule has 4 nitrogen and oxygen atoms in total. The van der Waals surface area contributed by atoms with Gasteiger partial charge in [0.1, 0.15) is 11.6 Å². The van der Waals surface area contributed by atoms with E-state index in [-0.39, 0.29) is 12.0 Å². The quantitative estimate of drug-likeness (QED) is 0.407. The highest BCUT2D eigenvalue weighted by molar-refractivity contribution is 5.97. The third-order valence-corrected chi connectivity index (χ3v) is 6.33. The van der Waals surface area contributed by atoms with E-state index >= 15 is 0 Å². The molecule has 6 heteroatoms. The molecular weight excluding hydrogens is 436 g/mol. The van der Waals surface area contributed by atoms with Crippen molar-refractivity contribution in [3.8, 4) is 11.1 Å². The van der Waals surface area contributed by atoms with Crippen molar-refractivity contribution in [2.24, 2.45) is 0 Å². The molecule has 0 unspecified atom stereocenters. The minimum atomic E-state index is -0.578. The van der Waals surface area contributed by atoms with E-state index in [1.165, 1.54) is 19.2 Å². The molecular formula is C28H29F2NO3. The Labute approximate surface area is 199 Å². The topological polar surface area (TPSA) is 38.8 Å². The summed E-state index contributed by atoms with van der Waals surface area (Å²) >= 11 is 0. The number of ether oxygens (including phenoxy) is 2. The maximum atomic E-state index is 13.9. The van der Waals surface area contributed by atoms with Crippen LogP contribution in [0.4, 0.5) is 8.78 Å². The number of halogens is 2. The Bertz CT molecular complexity index is 1140. The van der Waals surface area contributed by atoms with E-state index in [4.69, 9.17) is 9.47 Å². The van der Waals surface area contributed by atoms with E-state index in [9.17, 15) is 13.6 Å². The van der Waals surface area contributed by atoms with Crippen LogP contribution in [0.5, 0.6) is 0 Å². The number of esters is 1. The minimum absolute atomic E-state index is 0.224. The Morgan fingerprint density at radius 3 is 2.29 bits per heavy atom. The fourth-order valence-corrected chi connectivity index (χ4v) is 4.61. The fourth-order valence-electron chi connectivity index (χ4n) is 4.61. The van der Waals surface area contributed by atoms with Gasteiger partial charge in [0.05, 0.1) is 12.7 Å². The van der Waals surface area contributed by atoms with Crippen molar-refractivity contribution in [3.63, 3.8) is 0 Å². The van der Waals surface area contributed by atoms with Gasteiger partial charge in [-0.3, -0.25) is 4.90 Å². The van der Waals surface area contributed by atoms with Crippen molar-refractivity contribution in [2.75, 3.05) is 20.3 Å². The zero-order valence-electron chi connectivity index (χ0n) is 19.5. The van der Waals surface area contributed by atoms with Crippen LogP contribution in [0.3, 0.4) is 0 Å². The largest absolute Gasteiger partial charge is 0.465 e. The van der Waals surface area contributed by atoms with Gasteiger partial charge in [-0.2, -0.15) is 0 Å². The van der Waals surface area contributed by atoms with Crippen LogP contribution in [0, 0.1) is 18.6 Å². The monoisotopic (exact) mass is 465 g/mol. The van der Waals surface area contributed by atoms with Crippen LogP contribution in [0.1, 0.15) is 39.9 Å². The molecule has 0 bridgehead atoms. The summed E-state index contributed by atoms with van der Waals surface area (Å²) in [6.07, 6.45) is 1.70. The summed E-state index contributed by atoms with van der Waals surface area (Å²) in [5.74, 6) is -1.54.